The molecule has 1 aromatic carbocycles. The molecule has 3 nitrogen and oxygen atoms in total. The molecule has 1 atom stereocenters. The van der Waals surface area contributed by atoms with Gasteiger partial charge in [0, 0.05) is 6.20 Å². The number of nitrogens with one attached hydrogen (secondary N) is 1. The Morgan fingerprint density at radius 2 is 2.14 bits per heavy atom. The van der Waals surface area contributed by atoms with Crippen molar-refractivity contribution in [3.8, 4) is 0 Å². The van der Waals surface area contributed by atoms with Crippen LogP contribution in [0.3, 0.4) is 0 Å². The third-order valence-electron chi connectivity index (χ3n) is 3.38. The van der Waals surface area contributed by atoms with E-state index in [1.165, 1.54) is 0 Å². The number of hydrazine groups is 1. The number of hydrogen-bond donors (Lipinski definition) is 2. The maximum Gasteiger partial charge on any atom is 0.0809 e. The number of hydrogen-bond acceptors (Lipinski definition) is 4. The Morgan fingerprint density at radius 3 is 2.95 bits per heavy atom. The molecule has 0 aliphatic carbocycles. The van der Waals surface area contributed by atoms with E-state index in [9.17, 15) is 0 Å². The standard InChI is InChI=1S/C15H13Cl2N3S/c16-11-3-1-2-9(15(11)17)6-13(20-18)10-7-14-12(19-8-10)4-5-21-14/h1-5,7-8,13,20H,6,18H2. The van der Waals surface area contributed by atoms with Crippen molar-refractivity contribution in [2.24, 2.45) is 5.84 Å². The number of thiophene rings is 1. The van der Waals surface area contributed by atoms with E-state index in [1.807, 2.05) is 29.8 Å². The van der Waals surface area contributed by atoms with Crippen molar-refractivity contribution in [1.82, 2.24) is 10.4 Å². The first-order chi connectivity index (χ1) is 10.2. The highest BCUT2D eigenvalue weighted by Gasteiger charge is 2.15. The lowest BCUT2D eigenvalue weighted by molar-refractivity contribution is 0.551. The zero-order valence-corrected chi connectivity index (χ0v) is 13.3. The summed E-state index contributed by atoms with van der Waals surface area (Å²) in [5, 5.41) is 3.15. The smallest absolute Gasteiger partial charge is 0.0809 e. The fraction of sp³-hybridized carbons (Fsp3) is 0.133. The molecule has 0 saturated heterocycles. The number of fused-ring (bicyclic) bond motifs is 1. The van der Waals surface area contributed by atoms with Crippen LogP contribution in [0.25, 0.3) is 10.2 Å². The first-order valence-electron chi connectivity index (χ1n) is 6.41. The van der Waals surface area contributed by atoms with E-state index in [2.05, 4.69) is 16.5 Å². The average Bonchev–Trinajstić information content (AvgIpc) is 2.96. The van der Waals surface area contributed by atoms with Crippen LogP contribution < -0.4 is 11.3 Å². The summed E-state index contributed by atoms with van der Waals surface area (Å²) >= 11 is 14.0. The Hall–Kier alpha value is -1.17. The monoisotopic (exact) mass is 337 g/mol. The number of benzene rings is 1. The molecule has 0 saturated carbocycles. The van der Waals surface area contributed by atoms with Crippen molar-refractivity contribution < 1.29 is 0 Å². The topological polar surface area (TPSA) is 50.9 Å². The second-order valence-electron chi connectivity index (χ2n) is 4.71. The van der Waals surface area contributed by atoms with Gasteiger partial charge in [0.05, 0.1) is 26.3 Å². The highest BCUT2D eigenvalue weighted by Crippen LogP contribution is 2.30. The van der Waals surface area contributed by atoms with Crippen LogP contribution in [0.2, 0.25) is 10.0 Å². The zero-order chi connectivity index (χ0) is 14.8. The molecule has 0 radical (unpaired) electrons. The molecule has 0 fully saturated rings. The maximum atomic E-state index is 6.25. The Balaban J connectivity index is 1.92. The molecule has 1 unspecified atom stereocenters. The van der Waals surface area contributed by atoms with Gasteiger partial charge in [0.1, 0.15) is 0 Å². The molecule has 2 heterocycles. The average molecular weight is 338 g/mol. The van der Waals surface area contributed by atoms with E-state index in [-0.39, 0.29) is 6.04 Å². The van der Waals surface area contributed by atoms with Crippen molar-refractivity contribution in [3.05, 3.63) is 63.1 Å². The van der Waals surface area contributed by atoms with E-state index in [0.717, 1.165) is 21.3 Å². The van der Waals surface area contributed by atoms with Crippen LogP contribution in [0.15, 0.2) is 41.9 Å². The molecule has 3 rings (SSSR count). The summed E-state index contributed by atoms with van der Waals surface area (Å²) < 4.78 is 1.14. The van der Waals surface area contributed by atoms with Crippen molar-refractivity contribution in [2.75, 3.05) is 0 Å². The second-order valence-corrected chi connectivity index (χ2v) is 6.44. The number of nitrogens with zero attached hydrogens (tertiary/aromatic N) is 1. The van der Waals surface area contributed by atoms with Crippen LogP contribution in [0.1, 0.15) is 17.2 Å². The van der Waals surface area contributed by atoms with E-state index in [0.29, 0.717) is 16.5 Å². The highest BCUT2D eigenvalue weighted by molar-refractivity contribution is 7.17. The lowest BCUT2D eigenvalue weighted by atomic mass is 10.0. The van der Waals surface area contributed by atoms with Crippen LogP contribution in [0.4, 0.5) is 0 Å². The minimum Gasteiger partial charge on any atom is -0.271 e. The van der Waals surface area contributed by atoms with Crippen LogP contribution >= 0.6 is 34.5 Å². The van der Waals surface area contributed by atoms with Gasteiger partial charge in [-0.2, -0.15) is 0 Å². The maximum absolute atomic E-state index is 6.25. The third kappa shape index (κ3) is 3.05. The van der Waals surface area contributed by atoms with Gasteiger partial charge in [-0.1, -0.05) is 35.3 Å². The molecule has 3 N–H and O–H groups in total. The first kappa shape index (κ1) is 14.8. The van der Waals surface area contributed by atoms with Gasteiger partial charge in [0.15, 0.2) is 0 Å². The minimum atomic E-state index is -0.0695. The Morgan fingerprint density at radius 1 is 1.29 bits per heavy atom. The molecule has 2 aromatic heterocycles. The SMILES string of the molecule is NNC(Cc1cccc(Cl)c1Cl)c1cnc2ccsc2c1. The molecule has 108 valence electrons. The molecule has 6 heteroatoms. The lowest BCUT2D eigenvalue weighted by Gasteiger charge is -2.17. The van der Waals surface area contributed by atoms with E-state index in [1.54, 1.807) is 17.4 Å². The van der Waals surface area contributed by atoms with Gasteiger partial charge in [0.25, 0.3) is 0 Å². The number of nitrogens with two attached hydrogens (primary N) is 1. The highest BCUT2D eigenvalue weighted by atomic mass is 35.5. The van der Waals surface area contributed by atoms with Crippen molar-refractivity contribution in [2.45, 2.75) is 12.5 Å². The van der Waals surface area contributed by atoms with Gasteiger partial charge in [-0.15, -0.1) is 11.3 Å². The minimum absolute atomic E-state index is 0.0695. The Bertz CT molecular complexity index is 772. The fourth-order valence-corrected chi connectivity index (χ4v) is 3.44. The van der Waals surface area contributed by atoms with Gasteiger partial charge in [-0.3, -0.25) is 16.3 Å². The van der Waals surface area contributed by atoms with E-state index in [4.69, 9.17) is 29.0 Å². The number of rotatable bonds is 4. The summed E-state index contributed by atoms with van der Waals surface area (Å²) in [4.78, 5) is 4.45. The van der Waals surface area contributed by atoms with Crippen molar-refractivity contribution in [1.29, 1.82) is 0 Å². The summed E-state index contributed by atoms with van der Waals surface area (Å²) in [7, 11) is 0. The summed E-state index contributed by atoms with van der Waals surface area (Å²) in [6.07, 6.45) is 2.49. The largest absolute Gasteiger partial charge is 0.271 e. The quantitative estimate of drug-likeness (QED) is 0.549. The lowest BCUT2D eigenvalue weighted by Crippen LogP contribution is -2.29. The van der Waals surface area contributed by atoms with E-state index >= 15 is 0 Å². The molecular formula is C15H13Cl2N3S. The second kappa shape index (κ2) is 6.30. The Labute approximate surface area is 136 Å². The first-order valence-corrected chi connectivity index (χ1v) is 8.05. The van der Waals surface area contributed by atoms with Gasteiger partial charge in [0.2, 0.25) is 0 Å². The summed E-state index contributed by atoms with van der Waals surface area (Å²) in [6.45, 7) is 0. The molecule has 0 aliphatic rings. The molecule has 0 amide bonds. The van der Waals surface area contributed by atoms with Crippen LogP contribution in [-0.4, -0.2) is 4.98 Å². The predicted molar refractivity (Wildman–Crippen MR) is 89.9 cm³/mol. The van der Waals surface area contributed by atoms with Gasteiger partial charge >= 0.3 is 0 Å². The molecule has 0 bridgehead atoms. The van der Waals surface area contributed by atoms with Crippen LogP contribution in [-0.2, 0) is 6.42 Å². The zero-order valence-electron chi connectivity index (χ0n) is 11.0. The summed E-state index contributed by atoms with van der Waals surface area (Å²) in [5.74, 6) is 5.71. The van der Waals surface area contributed by atoms with Crippen molar-refractivity contribution >= 4 is 44.8 Å². The van der Waals surface area contributed by atoms with Crippen LogP contribution in [0, 0.1) is 0 Å². The normalized spacial score (nSPS) is 12.7. The predicted octanol–water partition coefficient (Wildman–Crippen LogP) is 4.35. The number of aromatic nitrogens is 1. The van der Waals surface area contributed by atoms with E-state index < -0.39 is 0 Å². The summed E-state index contributed by atoms with van der Waals surface area (Å²) in [6, 6.07) is 9.66. The molecule has 3 aromatic rings. The van der Waals surface area contributed by atoms with Gasteiger partial charge in [-0.05, 0) is 41.1 Å². The summed E-state index contributed by atoms with van der Waals surface area (Å²) in [5.41, 5.74) is 5.82. The molecular weight excluding hydrogens is 325 g/mol. The third-order valence-corrected chi connectivity index (χ3v) is 5.09. The molecule has 21 heavy (non-hydrogen) atoms. The van der Waals surface area contributed by atoms with Crippen molar-refractivity contribution in [3.63, 3.8) is 0 Å². The number of halogens is 2. The van der Waals surface area contributed by atoms with Crippen LogP contribution in [0.5, 0.6) is 0 Å². The van der Waals surface area contributed by atoms with Gasteiger partial charge in [-0.25, -0.2) is 0 Å². The van der Waals surface area contributed by atoms with Gasteiger partial charge < -0.3 is 0 Å². The fourth-order valence-electron chi connectivity index (χ4n) is 2.25. The molecule has 0 spiro atoms. The Kier molecular flexibility index (Phi) is 4.42. The number of pyridine rings is 1. The molecule has 0 aliphatic heterocycles.